The van der Waals surface area contributed by atoms with Crippen LogP contribution in [0.5, 0.6) is 0 Å². The van der Waals surface area contributed by atoms with E-state index in [0.717, 1.165) is 6.42 Å². The molecule has 0 aromatic heterocycles. The van der Waals surface area contributed by atoms with E-state index >= 15 is 0 Å². The first-order chi connectivity index (χ1) is 18.2. The number of hydrogen-bond donors (Lipinski definition) is 9. The Morgan fingerprint density at radius 2 is 1.97 bits per heavy atom. The number of carbonyl (C=O) groups excluding carboxylic acids is 2. The zero-order valence-corrected chi connectivity index (χ0v) is 22.1. The Labute approximate surface area is 225 Å². The Kier molecular flexibility index (Phi) is 9.78. The van der Waals surface area contributed by atoms with Crippen molar-refractivity contribution >= 4 is 29.1 Å². The van der Waals surface area contributed by atoms with Gasteiger partial charge < -0.3 is 43.3 Å². The minimum Gasteiger partial charge on any atom is -0.384 e. The van der Waals surface area contributed by atoms with Crippen LogP contribution in [0.3, 0.4) is 0 Å². The van der Waals surface area contributed by atoms with Gasteiger partial charge in [0.1, 0.15) is 23.2 Å². The van der Waals surface area contributed by atoms with Crippen LogP contribution in [-0.2, 0) is 9.59 Å². The third-order valence-corrected chi connectivity index (χ3v) is 6.89. The number of carbonyl (C=O) groups is 2. The average Bonchev–Trinajstić information content (AvgIpc) is 3.18. The van der Waals surface area contributed by atoms with Crippen molar-refractivity contribution in [3.8, 4) is 0 Å². The van der Waals surface area contributed by atoms with Gasteiger partial charge in [0.2, 0.25) is 5.91 Å². The molecule has 0 radical (unpaired) electrons. The molecular formula is C20H36ClN15O2. The van der Waals surface area contributed by atoms with Crippen molar-refractivity contribution in [1.29, 1.82) is 5.41 Å². The van der Waals surface area contributed by atoms with E-state index in [9.17, 15) is 9.59 Å². The molecule has 3 heterocycles. The van der Waals surface area contributed by atoms with E-state index < -0.39 is 29.9 Å². The van der Waals surface area contributed by atoms with Crippen LogP contribution < -0.4 is 44.1 Å². The number of nitrogens with two attached hydrogens (primary N) is 3. The maximum atomic E-state index is 13.1. The van der Waals surface area contributed by atoms with Crippen LogP contribution in [0.25, 0.3) is 0 Å². The van der Waals surface area contributed by atoms with Crippen molar-refractivity contribution in [3.63, 3.8) is 0 Å². The predicted molar refractivity (Wildman–Crippen MR) is 139 cm³/mol. The molecule has 3 aliphatic heterocycles. The molecule has 3 aliphatic rings. The quantitative estimate of drug-likeness (QED) is 0.0392. The van der Waals surface area contributed by atoms with Gasteiger partial charge in [0, 0.05) is 37.9 Å². The summed E-state index contributed by atoms with van der Waals surface area (Å²) in [5.74, 6) is 16.0. The lowest BCUT2D eigenvalue weighted by Gasteiger charge is -2.39. The van der Waals surface area contributed by atoms with E-state index in [2.05, 4.69) is 47.3 Å². The minimum atomic E-state index is -0.990. The fraction of sp³-hybridized carbons (Fsp3) is 0.650. The number of hydrazine groups is 1. The summed E-state index contributed by atoms with van der Waals surface area (Å²) in [6.45, 7) is 3.43. The summed E-state index contributed by atoms with van der Waals surface area (Å²) in [5.41, 5.74) is 0.400. The number of rotatable bonds is 9. The fourth-order valence-electron chi connectivity index (χ4n) is 4.65. The molecule has 3 rings (SSSR count). The molecule has 18 heteroatoms. The summed E-state index contributed by atoms with van der Waals surface area (Å²) in [6, 6.07) is -0.990. The topological polar surface area (TPSA) is 252 Å². The van der Waals surface area contributed by atoms with Gasteiger partial charge in [0.05, 0.1) is 0 Å². The van der Waals surface area contributed by atoms with E-state index in [1.165, 1.54) is 5.01 Å². The molecule has 1 spiro atoms. The SMILES string of the molecule is CCCC(=N)/C=C(\NC)C(=O)N1CCC2(CC1)CN(N)C(NC(=O)C1NC(Cl)=C(N=NN)NC1N=NN)N2. The molecule has 38 heavy (non-hydrogen) atoms. The number of likely N-dealkylation sites (tertiary alicyclic amines) is 1. The number of allylic oxidation sites excluding steroid dienone is 1. The molecule has 2 saturated heterocycles. The Morgan fingerprint density at radius 1 is 1.26 bits per heavy atom. The van der Waals surface area contributed by atoms with Crippen LogP contribution in [-0.4, -0.2) is 78.2 Å². The van der Waals surface area contributed by atoms with Crippen molar-refractivity contribution < 1.29 is 9.59 Å². The summed E-state index contributed by atoms with van der Waals surface area (Å²) in [4.78, 5) is 27.9. The van der Waals surface area contributed by atoms with Crippen LogP contribution >= 0.6 is 11.6 Å². The number of likely N-dealkylation sites (N-methyl/N-ethyl adjacent to an activating group) is 1. The fourth-order valence-corrected chi connectivity index (χ4v) is 4.86. The molecule has 0 bridgehead atoms. The molecule has 2 fully saturated rings. The largest absolute Gasteiger partial charge is 0.384 e. The first-order valence-electron chi connectivity index (χ1n) is 12.2. The van der Waals surface area contributed by atoms with E-state index in [0.29, 0.717) is 50.3 Å². The first-order valence-corrected chi connectivity index (χ1v) is 12.5. The smallest absolute Gasteiger partial charge is 0.269 e. The van der Waals surface area contributed by atoms with Gasteiger partial charge in [-0.1, -0.05) is 35.4 Å². The molecule has 0 aromatic rings. The average molecular weight is 554 g/mol. The predicted octanol–water partition coefficient (Wildman–Crippen LogP) is -1.65. The number of halogens is 1. The van der Waals surface area contributed by atoms with Crippen LogP contribution in [0.1, 0.15) is 32.6 Å². The molecule has 0 saturated carbocycles. The lowest BCUT2D eigenvalue weighted by molar-refractivity contribution is -0.129. The zero-order chi connectivity index (χ0) is 27.9. The maximum Gasteiger partial charge on any atom is 0.269 e. The standard InChI is InChI=1S/C20H36ClN15O2/c1-3-4-11(22)9-12(26-2)18(38)35-7-5-20(6-8-35)10-36(25)19(30-20)29-17(37)13-15(31-33-23)28-16(32-34-24)14(21)27-13/h9,13,15,19,22,26-28,30H,3-8,10,25H2,1-2H3,(H2,23,31)(H2,24,32)(H,29,37)/b12-9-,22-11?. The van der Waals surface area contributed by atoms with Gasteiger partial charge in [0.15, 0.2) is 12.0 Å². The third kappa shape index (κ3) is 6.66. The molecule has 0 aromatic carbocycles. The zero-order valence-electron chi connectivity index (χ0n) is 21.4. The first kappa shape index (κ1) is 29.0. The Balaban J connectivity index is 1.61. The number of hydrogen-bond acceptors (Lipinski definition) is 13. The second-order valence-corrected chi connectivity index (χ2v) is 9.58. The third-order valence-electron chi connectivity index (χ3n) is 6.61. The number of piperidine rings is 1. The van der Waals surface area contributed by atoms with Crippen molar-refractivity contribution in [1.82, 2.24) is 36.5 Å². The van der Waals surface area contributed by atoms with Crippen molar-refractivity contribution in [2.75, 3.05) is 26.7 Å². The van der Waals surface area contributed by atoms with Crippen LogP contribution in [0, 0.1) is 5.41 Å². The normalized spacial score (nSPS) is 26.1. The maximum absolute atomic E-state index is 13.1. The van der Waals surface area contributed by atoms with Gasteiger partial charge in [-0.3, -0.25) is 20.7 Å². The summed E-state index contributed by atoms with van der Waals surface area (Å²) < 4.78 is 0. The molecular weight excluding hydrogens is 518 g/mol. The monoisotopic (exact) mass is 553 g/mol. The highest BCUT2D eigenvalue weighted by Gasteiger charge is 2.46. The molecule has 17 nitrogen and oxygen atoms in total. The second kappa shape index (κ2) is 12.8. The van der Waals surface area contributed by atoms with E-state index in [-0.39, 0.29) is 16.9 Å². The Morgan fingerprint density at radius 3 is 2.58 bits per heavy atom. The Bertz CT molecular complexity index is 1020. The van der Waals surface area contributed by atoms with Gasteiger partial charge in [0.25, 0.3) is 5.91 Å². The second-order valence-electron chi connectivity index (χ2n) is 9.20. The van der Waals surface area contributed by atoms with E-state index in [4.69, 9.17) is 34.5 Å². The van der Waals surface area contributed by atoms with E-state index in [1.54, 1.807) is 18.0 Å². The molecule has 2 amide bonds. The van der Waals surface area contributed by atoms with Gasteiger partial charge in [-0.05, 0) is 25.3 Å². The molecule has 0 aliphatic carbocycles. The summed E-state index contributed by atoms with van der Waals surface area (Å²) in [7, 11) is 1.68. The Hall–Kier alpha value is -3.54. The number of amides is 2. The van der Waals surface area contributed by atoms with Crippen LogP contribution in [0.15, 0.2) is 43.4 Å². The van der Waals surface area contributed by atoms with Crippen LogP contribution in [0.4, 0.5) is 0 Å². The number of nitrogens with zero attached hydrogens (tertiary/aromatic N) is 6. The minimum absolute atomic E-state index is 0.0140. The molecule has 3 atom stereocenters. The summed E-state index contributed by atoms with van der Waals surface area (Å²) >= 11 is 6.15. The highest BCUT2D eigenvalue weighted by molar-refractivity contribution is 6.29. The molecule has 12 N–H and O–H groups in total. The molecule has 3 unspecified atom stereocenters. The van der Waals surface area contributed by atoms with Gasteiger partial charge in [-0.15, -0.1) is 10.2 Å². The van der Waals surface area contributed by atoms with Crippen LogP contribution in [0.2, 0.25) is 0 Å². The lowest BCUT2D eigenvalue weighted by atomic mass is 9.88. The summed E-state index contributed by atoms with van der Waals surface area (Å²) in [5, 5.41) is 38.2. The molecule has 210 valence electrons. The summed E-state index contributed by atoms with van der Waals surface area (Å²) in [6.07, 6.45) is 2.66. The number of nitrogens with one attached hydrogen (secondary N) is 6. The van der Waals surface area contributed by atoms with Gasteiger partial charge >= 0.3 is 0 Å². The van der Waals surface area contributed by atoms with Crippen molar-refractivity contribution in [2.45, 2.75) is 56.6 Å². The highest BCUT2D eigenvalue weighted by atomic mass is 35.5. The van der Waals surface area contributed by atoms with Crippen molar-refractivity contribution in [2.24, 2.45) is 38.2 Å². The lowest BCUT2D eigenvalue weighted by Crippen LogP contribution is -2.63. The highest BCUT2D eigenvalue weighted by Crippen LogP contribution is 2.28. The van der Waals surface area contributed by atoms with Gasteiger partial charge in [-0.25, -0.2) is 5.01 Å². The van der Waals surface area contributed by atoms with E-state index in [1.807, 2.05) is 6.92 Å². The van der Waals surface area contributed by atoms with Gasteiger partial charge in [-0.2, -0.15) is 0 Å². The van der Waals surface area contributed by atoms with Crippen molar-refractivity contribution in [3.05, 3.63) is 22.8 Å².